The molecule has 1 aliphatic carbocycles. The van der Waals surface area contributed by atoms with Crippen LogP contribution in [0.15, 0.2) is 36.5 Å². The summed E-state index contributed by atoms with van der Waals surface area (Å²) in [6, 6.07) is 10.9. The lowest BCUT2D eigenvalue weighted by molar-refractivity contribution is 0.0979. The Morgan fingerprint density at radius 3 is 2.65 bits per heavy atom. The number of rotatable bonds is 8. The van der Waals surface area contributed by atoms with E-state index in [-0.39, 0.29) is 11.3 Å². The Balaban J connectivity index is 1.36. The van der Waals surface area contributed by atoms with E-state index in [0.717, 1.165) is 37.2 Å². The van der Waals surface area contributed by atoms with E-state index >= 15 is 0 Å². The number of aromatic nitrogens is 2. The lowest BCUT2D eigenvalue weighted by Crippen LogP contribution is -2.45. The van der Waals surface area contributed by atoms with Gasteiger partial charge in [0.15, 0.2) is 5.78 Å². The molecular formula is C26H38N4O. The smallest absolute Gasteiger partial charge is 0.168 e. The highest BCUT2D eigenvalue weighted by Crippen LogP contribution is 2.40. The SMILES string of the molecule is CN(CCCCC(=O)c1cnn2c1NC(C1CCCCC1)CC2(C)C)c1ccccc1. The number of hydrogen-bond donors (Lipinski definition) is 1. The third kappa shape index (κ3) is 4.97. The highest BCUT2D eigenvalue weighted by atomic mass is 16.1. The predicted molar refractivity (Wildman–Crippen MR) is 128 cm³/mol. The van der Waals surface area contributed by atoms with Crippen LogP contribution in [-0.2, 0) is 5.54 Å². The molecule has 2 aromatic rings. The third-order valence-corrected chi connectivity index (χ3v) is 7.25. The minimum atomic E-state index is -0.0559. The van der Waals surface area contributed by atoms with Crippen LogP contribution in [0.5, 0.6) is 0 Å². The molecule has 5 nitrogen and oxygen atoms in total. The third-order valence-electron chi connectivity index (χ3n) is 7.25. The number of carbonyl (C=O) groups is 1. The number of ketones is 1. The molecule has 2 aliphatic rings. The van der Waals surface area contributed by atoms with Crippen molar-refractivity contribution in [2.75, 3.05) is 23.8 Å². The van der Waals surface area contributed by atoms with Gasteiger partial charge in [0.05, 0.1) is 17.3 Å². The van der Waals surface area contributed by atoms with E-state index in [0.29, 0.717) is 18.4 Å². The number of anilines is 2. The predicted octanol–water partition coefficient (Wildman–Crippen LogP) is 5.87. The van der Waals surface area contributed by atoms with Crippen LogP contribution in [0.3, 0.4) is 0 Å². The number of nitrogens with zero attached hydrogens (tertiary/aromatic N) is 3. The molecule has 1 saturated carbocycles. The van der Waals surface area contributed by atoms with Gasteiger partial charge in [0.1, 0.15) is 5.82 Å². The normalized spacial score (nSPS) is 20.7. The van der Waals surface area contributed by atoms with Crippen LogP contribution in [0.2, 0.25) is 0 Å². The van der Waals surface area contributed by atoms with Crippen LogP contribution in [0.1, 0.15) is 82.0 Å². The van der Waals surface area contributed by atoms with Crippen molar-refractivity contribution in [3.63, 3.8) is 0 Å². The van der Waals surface area contributed by atoms with E-state index < -0.39 is 0 Å². The number of Topliss-reactive ketones (excluding diaryl/α,β-unsaturated/α-hetero) is 1. The van der Waals surface area contributed by atoms with Crippen molar-refractivity contribution in [1.29, 1.82) is 0 Å². The maximum absolute atomic E-state index is 13.1. The van der Waals surface area contributed by atoms with E-state index in [1.807, 2.05) is 6.07 Å². The lowest BCUT2D eigenvalue weighted by Gasteiger charge is -2.42. The Labute approximate surface area is 187 Å². The van der Waals surface area contributed by atoms with Crippen LogP contribution in [-0.4, -0.2) is 35.2 Å². The molecule has 2 heterocycles. The molecule has 0 spiro atoms. The quantitative estimate of drug-likeness (QED) is 0.427. The van der Waals surface area contributed by atoms with Gasteiger partial charge in [-0.1, -0.05) is 37.5 Å². The summed E-state index contributed by atoms with van der Waals surface area (Å²) < 4.78 is 2.06. The Morgan fingerprint density at radius 2 is 1.90 bits per heavy atom. The van der Waals surface area contributed by atoms with Gasteiger partial charge in [-0.3, -0.25) is 4.79 Å². The number of nitrogens with one attached hydrogen (secondary N) is 1. The van der Waals surface area contributed by atoms with E-state index in [1.54, 1.807) is 6.20 Å². The lowest BCUT2D eigenvalue weighted by atomic mass is 9.78. The highest BCUT2D eigenvalue weighted by molar-refractivity contribution is 6.00. The molecule has 1 unspecified atom stereocenters. The molecule has 4 rings (SSSR count). The molecule has 0 saturated heterocycles. The van der Waals surface area contributed by atoms with Crippen LogP contribution >= 0.6 is 0 Å². The van der Waals surface area contributed by atoms with Gasteiger partial charge in [0.2, 0.25) is 0 Å². The number of benzene rings is 1. The minimum absolute atomic E-state index is 0.0559. The molecule has 1 aromatic heterocycles. The molecule has 31 heavy (non-hydrogen) atoms. The van der Waals surface area contributed by atoms with Gasteiger partial charge in [-0.15, -0.1) is 0 Å². The fourth-order valence-electron chi connectivity index (χ4n) is 5.40. The maximum Gasteiger partial charge on any atom is 0.168 e. The number of hydrogen-bond acceptors (Lipinski definition) is 4. The van der Waals surface area contributed by atoms with E-state index in [1.165, 1.54) is 37.8 Å². The van der Waals surface area contributed by atoms with E-state index in [2.05, 4.69) is 65.2 Å². The number of carbonyl (C=O) groups excluding carboxylic acids is 1. The molecule has 5 heteroatoms. The monoisotopic (exact) mass is 422 g/mol. The molecule has 0 bridgehead atoms. The van der Waals surface area contributed by atoms with Crippen molar-refractivity contribution < 1.29 is 4.79 Å². The van der Waals surface area contributed by atoms with Gasteiger partial charge in [0, 0.05) is 31.7 Å². The maximum atomic E-state index is 13.1. The molecule has 1 aromatic carbocycles. The first-order valence-electron chi connectivity index (χ1n) is 12.1. The highest BCUT2D eigenvalue weighted by Gasteiger charge is 2.39. The van der Waals surface area contributed by atoms with Crippen LogP contribution in [0.25, 0.3) is 0 Å². The van der Waals surface area contributed by atoms with Crippen molar-refractivity contribution in [2.24, 2.45) is 5.92 Å². The van der Waals surface area contributed by atoms with Crippen LogP contribution < -0.4 is 10.2 Å². The minimum Gasteiger partial charge on any atom is -0.375 e. The molecule has 1 N–H and O–H groups in total. The summed E-state index contributed by atoms with van der Waals surface area (Å²) in [4.78, 5) is 15.3. The summed E-state index contributed by atoms with van der Waals surface area (Å²) in [6.07, 6.45) is 12.0. The fraction of sp³-hybridized carbons (Fsp3) is 0.615. The Kier molecular flexibility index (Phi) is 6.68. The molecule has 1 aliphatic heterocycles. The zero-order chi connectivity index (χ0) is 21.8. The molecule has 0 radical (unpaired) electrons. The molecule has 1 fully saturated rings. The van der Waals surface area contributed by atoms with Gasteiger partial charge < -0.3 is 10.2 Å². The summed E-state index contributed by atoms with van der Waals surface area (Å²) in [5.74, 6) is 1.89. The number of fused-ring (bicyclic) bond motifs is 1. The van der Waals surface area contributed by atoms with Gasteiger partial charge in [0.25, 0.3) is 0 Å². The summed E-state index contributed by atoms with van der Waals surface area (Å²) in [5.41, 5.74) is 1.95. The first-order chi connectivity index (χ1) is 15.0. The van der Waals surface area contributed by atoms with Crippen molar-refractivity contribution in [2.45, 2.75) is 83.2 Å². The van der Waals surface area contributed by atoms with Gasteiger partial charge >= 0.3 is 0 Å². The number of unbranched alkanes of at least 4 members (excludes halogenated alkanes) is 1. The molecule has 1 atom stereocenters. The average molecular weight is 423 g/mol. The summed E-state index contributed by atoms with van der Waals surface area (Å²) in [5, 5.41) is 8.38. The average Bonchev–Trinajstić information content (AvgIpc) is 3.22. The second-order valence-electron chi connectivity index (χ2n) is 10.1. The van der Waals surface area contributed by atoms with Gasteiger partial charge in [-0.2, -0.15) is 5.10 Å². The van der Waals surface area contributed by atoms with E-state index in [9.17, 15) is 4.79 Å². The summed E-state index contributed by atoms with van der Waals surface area (Å²) in [6.45, 7) is 5.47. The Bertz CT molecular complexity index is 867. The Hall–Kier alpha value is -2.30. The fourth-order valence-corrected chi connectivity index (χ4v) is 5.40. The molecular weight excluding hydrogens is 384 g/mol. The second kappa shape index (κ2) is 9.46. The second-order valence-corrected chi connectivity index (χ2v) is 10.1. The van der Waals surface area contributed by atoms with Crippen LogP contribution in [0.4, 0.5) is 11.5 Å². The Morgan fingerprint density at radius 1 is 1.16 bits per heavy atom. The van der Waals surface area contributed by atoms with Crippen molar-refractivity contribution in [3.8, 4) is 0 Å². The van der Waals surface area contributed by atoms with Gasteiger partial charge in [-0.25, -0.2) is 4.68 Å². The van der Waals surface area contributed by atoms with E-state index in [4.69, 9.17) is 0 Å². The zero-order valence-electron chi connectivity index (χ0n) is 19.4. The zero-order valence-corrected chi connectivity index (χ0v) is 19.4. The molecule has 168 valence electrons. The summed E-state index contributed by atoms with van der Waals surface area (Å²) >= 11 is 0. The standard InChI is InChI=1S/C26H38N4O/c1-26(2)18-23(20-12-6-4-7-13-20)28-25-22(19-27-30(25)26)24(31)16-10-11-17-29(3)21-14-8-5-9-15-21/h5,8-9,14-15,19-20,23,28H,4,6-7,10-13,16-18H2,1-3H3. The van der Waals surface area contributed by atoms with Crippen molar-refractivity contribution in [1.82, 2.24) is 9.78 Å². The summed E-state index contributed by atoms with van der Waals surface area (Å²) in [7, 11) is 2.11. The first kappa shape index (κ1) is 21.9. The topological polar surface area (TPSA) is 50.2 Å². The molecule has 0 amide bonds. The van der Waals surface area contributed by atoms with Crippen molar-refractivity contribution >= 4 is 17.3 Å². The first-order valence-corrected chi connectivity index (χ1v) is 12.1. The van der Waals surface area contributed by atoms with Crippen molar-refractivity contribution in [3.05, 3.63) is 42.1 Å². The van der Waals surface area contributed by atoms with Crippen LogP contribution in [0, 0.1) is 5.92 Å². The number of para-hydroxylation sites is 1. The largest absolute Gasteiger partial charge is 0.375 e. The van der Waals surface area contributed by atoms with Gasteiger partial charge in [-0.05, 0) is 64.0 Å².